The second kappa shape index (κ2) is 5.62. The second-order valence-corrected chi connectivity index (χ2v) is 5.68. The summed E-state index contributed by atoms with van der Waals surface area (Å²) in [6.07, 6.45) is -4.73. The number of hydrogen-bond donors (Lipinski definition) is 2. The normalized spacial score (nSPS) is 13.5. The lowest BCUT2D eigenvalue weighted by atomic mass is 10.2. The molecule has 1 rings (SSSR count). The predicted molar refractivity (Wildman–Crippen MR) is 60.6 cm³/mol. The average Bonchev–Trinajstić information content (AvgIpc) is 2.36. The molecule has 0 aliphatic carbocycles. The van der Waals surface area contributed by atoms with Gasteiger partial charge in [0.05, 0.1) is 23.5 Å². The zero-order valence-electron chi connectivity index (χ0n) is 9.92. The van der Waals surface area contributed by atoms with Gasteiger partial charge in [0.2, 0.25) is 10.0 Å². The number of halogens is 5. The Hall–Kier alpha value is -1.26. The summed E-state index contributed by atoms with van der Waals surface area (Å²) in [6.45, 7) is -2.37. The smallest absolute Gasteiger partial charge is 0.325 e. The molecule has 20 heavy (non-hydrogen) atoms. The fourth-order valence-electron chi connectivity index (χ4n) is 1.20. The first kappa shape index (κ1) is 16.8. The van der Waals surface area contributed by atoms with Crippen molar-refractivity contribution in [3.63, 3.8) is 0 Å². The minimum absolute atomic E-state index is 0.364. The first-order chi connectivity index (χ1) is 8.98. The van der Waals surface area contributed by atoms with E-state index in [2.05, 4.69) is 0 Å². The van der Waals surface area contributed by atoms with Crippen LogP contribution >= 0.6 is 0 Å². The number of nitrogens with one attached hydrogen (secondary N) is 1. The predicted octanol–water partition coefficient (Wildman–Crippen LogP) is 1.58. The van der Waals surface area contributed by atoms with E-state index in [1.54, 1.807) is 0 Å². The molecule has 0 atom stereocenters. The van der Waals surface area contributed by atoms with Gasteiger partial charge in [0.1, 0.15) is 0 Å². The van der Waals surface area contributed by atoms with Gasteiger partial charge < -0.3 is 5.73 Å². The van der Waals surface area contributed by atoms with Crippen LogP contribution in [-0.2, 0) is 16.2 Å². The van der Waals surface area contributed by atoms with Crippen LogP contribution in [0.1, 0.15) is 5.56 Å². The van der Waals surface area contributed by atoms with Crippen molar-refractivity contribution in [2.75, 3.05) is 13.1 Å². The Balaban J connectivity index is 2.99. The monoisotopic (exact) mass is 318 g/mol. The summed E-state index contributed by atoms with van der Waals surface area (Å²) >= 11 is 0. The van der Waals surface area contributed by atoms with Gasteiger partial charge in [-0.05, 0) is 18.2 Å². The zero-order chi connectivity index (χ0) is 15.6. The molecule has 0 saturated heterocycles. The molecule has 1 aromatic carbocycles. The van der Waals surface area contributed by atoms with E-state index in [9.17, 15) is 30.4 Å². The van der Waals surface area contributed by atoms with Crippen molar-refractivity contribution in [1.82, 2.24) is 4.72 Å². The lowest BCUT2D eigenvalue weighted by Crippen LogP contribution is -2.41. The van der Waals surface area contributed by atoms with E-state index >= 15 is 0 Å². The quantitative estimate of drug-likeness (QED) is 0.810. The third-order valence-corrected chi connectivity index (χ3v) is 3.69. The largest absolute Gasteiger partial charge is 0.416 e. The van der Waals surface area contributed by atoms with Crippen LogP contribution in [0.4, 0.5) is 22.0 Å². The minimum atomic E-state index is -4.73. The Bertz CT molecular complexity index is 571. The van der Waals surface area contributed by atoms with Crippen LogP contribution in [0.25, 0.3) is 0 Å². The molecular formula is C10H11F5N2O2S. The molecule has 0 spiro atoms. The van der Waals surface area contributed by atoms with Crippen molar-refractivity contribution in [3.05, 3.63) is 29.8 Å². The molecular weight excluding hydrogens is 307 g/mol. The van der Waals surface area contributed by atoms with Crippen molar-refractivity contribution in [2.24, 2.45) is 5.73 Å². The van der Waals surface area contributed by atoms with Crippen molar-refractivity contribution >= 4 is 10.0 Å². The summed E-state index contributed by atoms with van der Waals surface area (Å²) in [4.78, 5) is -0.750. The van der Waals surface area contributed by atoms with Gasteiger partial charge in [-0.25, -0.2) is 21.9 Å². The van der Waals surface area contributed by atoms with Gasteiger partial charge in [-0.15, -0.1) is 0 Å². The van der Waals surface area contributed by atoms with Crippen molar-refractivity contribution < 1.29 is 30.4 Å². The van der Waals surface area contributed by atoms with Crippen LogP contribution in [0.15, 0.2) is 29.2 Å². The van der Waals surface area contributed by atoms with E-state index in [1.807, 2.05) is 0 Å². The molecule has 0 amide bonds. The lowest BCUT2D eigenvalue weighted by Gasteiger charge is -2.15. The maximum Gasteiger partial charge on any atom is 0.416 e. The minimum Gasteiger partial charge on any atom is -0.325 e. The number of rotatable bonds is 5. The summed E-state index contributed by atoms with van der Waals surface area (Å²) in [7, 11) is -4.47. The topological polar surface area (TPSA) is 72.2 Å². The third kappa shape index (κ3) is 4.39. The Morgan fingerprint density at radius 2 is 1.75 bits per heavy atom. The van der Waals surface area contributed by atoms with Gasteiger partial charge in [-0.3, -0.25) is 0 Å². The molecule has 0 bridgehead atoms. The average molecular weight is 318 g/mol. The van der Waals surface area contributed by atoms with Crippen molar-refractivity contribution in [2.45, 2.75) is 17.0 Å². The van der Waals surface area contributed by atoms with Gasteiger partial charge >= 0.3 is 6.18 Å². The molecule has 0 heterocycles. The highest BCUT2D eigenvalue weighted by atomic mass is 32.2. The molecule has 0 aliphatic rings. The zero-order valence-corrected chi connectivity index (χ0v) is 10.7. The van der Waals surface area contributed by atoms with Gasteiger partial charge in [0.15, 0.2) is 0 Å². The Labute approximate surface area is 111 Å². The fraction of sp³-hybridized carbons (Fsp3) is 0.400. The molecule has 0 fully saturated rings. The number of alkyl halides is 5. The first-order valence-electron chi connectivity index (χ1n) is 5.23. The molecule has 10 heteroatoms. The Kier molecular flexibility index (Phi) is 4.72. The second-order valence-electron chi connectivity index (χ2n) is 3.91. The van der Waals surface area contributed by atoms with E-state index in [1.165, 1.54) is 4.72 Å². The van der Waals surface area contributed by atoms with Crippen molar-refractivity contribution in [3.8, 4) is 0 Å². The highest BCUT2D eigenvalue weighted by Crippen LogP contribution is 2.30. The summed E-state index contributed by atoms with van der Waals surface area (Å²) in [5, 5.41) is 0. The molecule has 0 saturated carbocycles. The molecule has 0 aromatic heterocycles. The summed E-state index contributed by atoms with van der Waals surface area (Å²) in [6, 6.07) is 2.78. The molecule has 0 unspecified atom stereocenters. The van der Waals surface area contributed by atoms with E-state index in [0.717, 1.165) is 12.1 Å². The van der Waals surface area contributed by atoms with E-state index in [4.69, 9.17) is 5.73 Å². The Morgan fingerprint density at radius 3 is 2.25 bits per heavy atom. The lowest BCUT2D eigenvalue weighted by molar-refractivity contribution is -0.137. The molecule has 3 N–H and O–H groups in total. The van der Waals surface area contributed by atoms with Gasteiger partial charge in [-0.2, -0.15) is 13.2 Å². The molecule has 0 radical (unpaired) electrons. The van der Waals surface area contributed by atoms with Crippen LogP contribution in [0.3, 0.4) is 0 Å². The van der Waals surface area contributed by atoms with Crippen LogP contribution in [0.5, 0.6) is 0 Å². The number of benzene rings is 1. The number of nitrogens with two attached hydrogens (primary N) is 1. The number of sulfonamides is 1. The van der Waals surface area contributed by atoms with Gasteiger partial charge in [-0.1, -0.05) is 6.07 Å². The molecule has 0 aliphatic heterocycles. The summed E-state index contributed by atoms with van der Waals surface area (Å²) in [5.74, 6) is -3.48. The SMILES string of the molecule is NCC(F)(F)CNS(=O)(=O)c1cccc(C(F)(F)F)c1. The summed E-state index contributed by atoms with van der Waals surface area (Å²) in [5.41, 5.74) is 3.53. The summed E-state index contributed by atoms with van der Waals surface area (Å²) < 4.78 is 87.7. The number of hydrogen-bond acceptors (Lipinski definition) is 3. The van der Waals surface area contributed by atoms with Crippen LogP contribution in [0.2, 0.25) is 0 Å². The maximum absolute atomic E-state index is 12.8. The molecule has 1 aromatic rings. The van der Waals surface area contributed by atoms with Crippen LogP contribution < -0.4 is 10.5 Å². The highest BCUT2D eigenvalue weighted by Gasteiger charge is 2.33. The van der Waals surface area contributed by atoms with E-state index in [-0.39, 0.29) is 0 Å². The molecule has 114 valence electrons. The van der Waals surface area contributed by atoms with Crippen molar-refractivity contribution in [1.29, 1.82) is 0 Å². The van der Waals surface area contributed by atoms with Gasteiger partial charge in [0, 0.05) is 0 Å². The fourth-order valence-corrected chi connectivity index (χ4v) is 2.30. The Morgan fingerprint density at radius 1 is 1.15 bits per heavy atom. The maximum atomic E-state index is 12.8. The first-order valence-corrected chi connectivity index (χ1v) is 6.71. The van der Waals surface area contributed by atoms with E-state index < -0.39 is 45.7 Å². The van der Waals surface area contributed by atoms with Crippen LogP contribution in [0, 0.1) is 0 Å². The third-order valence-electron chi connectivity index (χ3n) is 2.29. The van der Waals surface area contributed by atoms with E-state index in [0.29, 0.717) is 12.1 Å². The standard InChI is InChI=1S/C10H11F5N2O2S/c11-9(12,5-16)6-17-20(18,19)8-3-1-2-7(4-8)10(13,14)15/h1-4,17H,5-6,16H2. The highest BCUT2D eigenvalue weighted by molar-refractivity contribution is 7.89. The molecule has 4 nitrogen and oxygen atoms in total. The van der Waals surface area contributed by atoms with Gasteiger partial charge in [0.25, 0.3) is 5.92 Å². The van der Waals surface area contributed by atoms with Crippen LogP contribution in [-0.4, -0.2) is 27.4 Å².